The van der Waals surface area contributed by atoms with Crippen molar-refractivity contribution in [1.29, 1.82) is 0 Å². The number of hydrogen-bond donors (Lipinski definition) is 1. The number of rotatable bonds is 3. The van der Waals surface area contributed by atoms with Gasteiger partial charge < -0.3 is 5.11 Å². The highest BCUT2D eigenvalue weighted by atomic mass is 16.4. The Balaban J connectivity index is 4.43. The zero-order valence-electron chi connectivity index (χ0n) is 8.55. The summed E-state index contributed by atoms with van der Waals surface area (Å²) in [5, 5.41) is 8.38. The van der Waals surface area contributed by atoms with Gasteiger partial charge in [-0.2, -0.15) is 0 Å². The van der Waals surface area contributed by atoms with E-state index in [-0.39, 0.29) is 11.2 Å². The van der Waals surface area contributed by atoms with Crippen molar-refractivity contribution in [3.63, 3.8) is 0 Å². The standard InChI is InChI=1S/C10H16O3/c1-7(6-10(2,3)4)8(11)5-9(12)13/h6H,5H2,1-4H3,(H,12,13). The summed E-state index contributed by atoms with van der Waals surface area (Å²) in [7, 11) is 0. The van der Waals surface area contributed by atoms with Crippen LogP contribution < -0.4 is 0 Å². The van der Waals surface area contributed by atoms with Crippen molar-refractivity contribution in [3.05, 3.63) is 11.6 Å². The first-order valence-corrected chi connectivity index (χ1v) is 4.17. The summed E-state index contributed by atoms with van der Waals surface area (Å²) in [4.78, 5) is 21.4. The molecule has 0 atom stereocenters. The van der Waals surface area contributed by atoms with Crippen molar-refractivity contribution in [2.45, 2.75) is 34.1 Å². The van der Waals surface area contributed by atoms with Crippen LogP contribution in [0.2, 0.25) is 0 Å². The Morgan fingerprint density at radius 2 is 1.77 bits per heavy atom. The summed E-state index contributed by atoms with van der Waals surface area (Å²) in [5.74, 6) is -1.39. The summed E-state index contributed by atoms with van der Waals surface area (Å²) in [6.07, 6.45) is 1.37. The van der Waals surface area contributed by atoms with E-state index in [4.69, 9.17) is 5.11 Å². The van der Waals surface area contributed by atoms with Gasteiger partial charge in [0.2, 0.25) is 0 Å². The van der Waals surface area contributed by atoms with Gasteiger partial charge in [-0.05, 0) is 17.9 Å². The lowest BCUT2D eigenvalue weighted by atomic mass is 9.92. The lowest BCUT2D eigenvalue weighted by Crippen LogP contribution is -2.10. The number of aliphatic carboxylic acids is 1. The minimum atomic E-state index is -1.08. The third-order valence-corrected chi connectivity index (χ3v) is 1.40. The van der Waals surface area contributed by atoms with Crippen LogP contribution in [-0.4, -0.2) is 16.9 Å². The van der Waals surface area contributed by atoms with E-state index in [1.165, 1.54) is 0 Å². The van der Waals surface area contributed by atoms with Gasteiger partial charge in [0, 0.05) is 0 Å². The van der Waals surface area contributed by atoms with Crippen molar-refractivity contribution in [1.82, 2.24) is 0 Å². The lowest BCUT2D eigenvalue weighted by molar-refractivity contribution is -0.139. The van der Waals surface area contributed by atoms with Gasteiger partial charge >= 0.3 is 5.97 Å². The van der Waals surface area contributed by atoms with E-state index in [9.17, 15) is 9.59 Å². The van der Waals surface area contributed by atoms with E-state index in [1.54, 1.807) is 13.0 Å². The van der Waals surface area contributed by atoms with E-state index < -0.39 is 12.4 Å². The molecule has 0 spiro atoms. The number of hydrogen-bond acceptors (Lipinski definition) is 2. The van der Waals surface area contributed by atoms with Crippen molar-refractivity contribution in [2.24, 2.45) is 5.41 Å². The molecule has 0 aliphatic carbocycles. The third-order valence-electron chi connectivity index (χ3n) is 1.40. The van der Waals surface area contributed by atoms with Gasteiger partial charge in [-0.3, -0.25) is 9.59 Å². The average molecular weight is 184 g/mol. The Bertz CT molecular complexity index is 243. The van der Waals surface area contributed by atoms with Crippen molar-refractivity contribution >= 4 is 11.8 Å². The molecule has 3 heteroatoms. The predicted molar refractivity (Wildman–Crippen MR) is 50.5 cm³/mol. The molecule has 0 rings (SSSR count). The predicted octanol–water partition coefficient (Wildman–Crippen LogP) is 2.02. The molecule has 0 bridgehead atoms. The van der Waals surface area contributed by atoms with Crippen LogP contribution in [0.4, 0.5) is 0 Å². The van der Waals surface area contributed by atoms with E-state index in [0.29, 0.717) is 5.57 Å². The summed E-state index contributed by atoms with van der Waals surface area (Å²) >= 11 is 0. The molecule has 1 N–H and O–H groups in total. The summed E-state index contributed by atoms with van der Waals surface area (Å²) in [5.41, 5.74) is 0.438. The van der Waals surface area contributed by atoms with Crippen LogP contribution in [0.3, 0.4) is 0 Å². The van der Waals surface area contributed by atoms with Crippen LogP contribution in [0.5, 0.6) is 0 Å². The van der Waals surface area contributed by atoms with E-state index in [0.717, 1.165) is 0 Å². The normalized spacial score (nSPS) is 12.8. The summed E-state index contributed by atoms with van der Waals surface area (Å²) < 4.78 is 0. The topological polar surface area (TPSA) is 54.4 Å². The third kappa shape index (κ3) is 6.08. The molecule has 3 nitrogen and oxygen atoms in total. The number of ketones is 1. The molecular formula is C10H16O3. The van der Waals surface area contributed by atoms with Crippen LogP contribution >= 0.6 is 0 Å². The minimum Gasteiger partial charge on any atom is -0.481 e. The van der Waals surface area contributed by atoms with Gasteiger partial charge in [-0.1, -0.05) is 26.8 Å². The number of carboxylic acids is 1. The Kier molecular flexibility index (Phi) is 3.85. The molecule has 0 fully saturated rings. The smallest absolute Gasteiger partial charge is 0.311 e. The Labute approximate surface area is 78.5 Å². The van der Waals surface area contributed by atoms with Crippen molar-refractivity contribution in [2.75, 3.05) is 0 Å². The van der Waals surface area contributed by atoms with Gasteiger partial charge in [0.05, 0.1) is 0 Å². The van der Waals surface area contributed by atoms with Crippen molar-refractivity contribution in [3.8, 4) is 0 Å². The number of allylic oxidation sites excluding steroid dienone is 2. The summed E-state index contributed by atoms with van der Waals surface area (Å²) in [6.45, 7) is 7.54. The zero-order chi connectivity index (χ0) is 10.6. The molecule has 0 aliphatic heterocycles. The second kappa shape index (κ2) is 4.21. The largest absolute Gasteiger partial charge is 0.481 e. The van der Waals surface area contributed by atoms with Crippen LogP contribution in [-0.2, 0) is 9.59 Å². The highest BCUT2D eigenvalue weighted by Gasteiger charge is 2.13. The molecule has 0 aliphatic rings. The van der Waals surface area contributed by atoms with Gasteiger partial charge in [-0.25, -0.2) is 0 Å². The molecule has 0 aromatic rings. The number of carbonyl (C=O) groups excluding carboxylic acids is 1. The second-order valence-corrected chi connectivity index (χ2v) is 4.19. The number of Topliss-reactive ketones (excluding diaryl/α,β-unsaturated/α-hetero) is 1. The zero-order valence-corrected chi connectivity index (χ0v) is 8.55. The van der Waals surface area contributed by atoms with Crippen LogP contribution in [0.1, 0.15) is 34.1 Å². The average Bonchev–Trinajstić information content (AvgIpc) is 1.81. The monoisotopic (exact) mass is 184 g/mol. The van der Waals surface area contributed by atoms with Gasteiger partial charge in [0.1, 0.15) is 6.42 Å². The second-order valence-electron chi connectivity index (χ2n) is 4.19. The molecule has 0 unspecified atom stereocenters. The maximum atomic E-state index is 11.2. The number of carboxylic acid groups (broad SMARTS) is 1. The first-order valence-electron chi connectivity index (χ1n) is 4.17. The fourth-order valence-electron chi connectivity index (χ4n) is 1.01. The molecule has 0 heterocycles. The highest BCUT2D eigenvalue weighted by Crippen LogP contribution is 2.18. The van der Waals surface area contributed by atoms with Gasteiger partial charge in [0.25, 0.3) is 0 Å². The molecule has 0 amide bonds. The lowest BCUT2D eigenvalue weighted by Gasteiger charge is -2.13. The van der Waals surface area contributed by atoms with Gasteiger partial charge in [-0.15, -0.1) is 0 Å². The van der Waals surface area contributed by atoms with Crippen molar-refractivity contribution < 1.29 is 14.7 Å². The Morgan fingerprint density at radius 1 is 1.31 bits per heavy atom. The van der Waals surface area contributed by atoms with Crippen LogP contribution in [0.25, 0.3) is 0 Å². The van der Waals surface area contributed by atoms with Crippen LogP contribution in [0.15, 0.2) is 11.6 Å². The first-order chi connectivity index (χ1) is 5.72. The highest BCUT2D eigenvalue weighted by molar-refractivity contribution is 6.04. The Hall–Kier alpha value is -1.12. The molecular weight excluding hydrogens is 168 g/mol. The molecule has 0 saturated carbocycles. The molecule has 74 valence electrons. The minimum absolute atomic E-state index is 0.0851. The molecule has 0 aromatic heterocycles. The van der Waals surface area contributed by atoms with E-state index in [2.05, 4.69) is 0 Å². The van der Waals surface area contributed by atoms with E-state index in [1.807, 2.05) is 20.8 Å². The first kappa shape index (κ1) is 11.9. The molecule has 0 aromatic carbocycles. The van der Waals surface area contributed by atoms with Crippen LogP contribution in [0, 0.1) is 5.41 Å². The molecule has 13 heavy (non-hydrogen) atoms. The molecule has 0 radical (unpaired) electrons. The fourth-order valence-corrected chi connectivity index (χ4v) is 1.01. The molecule has 0 saturated heterocycles. The van der Waals surface area contributed by atoms with Gasteiger partial charge in [0.15, 0.2) is 5.78 Å². The Morgan fingerprint density at radius 3 is 2.08 bits per heavy atom. The SMILES string of the molecule is CC(=CC(C)(C)C)C(=O)CC(=O)O. The quantitative estimate of drug-likeness (QED) is 0.539. The maximum absolute atomic E-state index is 11.2. The van der Waals surface area contributed by atoms with E-state index >= 15 is 0 Å². The fraction of sp³-hybridized carbons (Fsp3) is 0.600. The number of carbonyl (C=O) groups is 2. The maximum Gasteiger partial charge on any atom is 0.311 e. The summed E-state index contributed by atoms with van der Waals surface area (Å²) in [6, 6.07) is 0.